The first-order chi connectivity index (χ1) is 9.41. The molecule has 1 aliphatic rings. The number of anilines is 1. The van der Waals surface area contributed by atoms with Crippen molar-refractivity contribution in [2.45, 2.75) is 38.6 Å². The molecule has 0 saturated carbocycles. The predicted octanol–water partition coefficient (Wildman–Crippen LogP) is 0.752. The van der Waals surface area contributed by atoms with Crippen molar-refractivity contribution in [3.05, 3.63) is 17.7 Å². The molecule has 1 aromatic rings. The number of primary amides is 1. The normalized spacial score (nSPS) is 18.6. The molecule has 0 radical (unpaired) electrons. The number of hydrogen-bond acceptors (Lipinski definition) is 5. The summed E-state index contributed by atoms with van der Waals surface area (Å²) in [6.07, 6.45) is 2.89. The first-order valence-corrected chi connectivity index (χ1v) is 6.58. The van der Waals surface area contributed by atoms with Crippen molar-refractivity contribution < 1.29 is 14.7 Å². The van der Waals surface area contributed by atoms with Crippen LogP contribution in [-0.4, -0.2) is 39.5 Å². The van der Waals surface area contributed by atoms with Crippen LogP contribution in [0.1, 0.15) is 48.9 Å². The van der Waals surface area contributed by atoms with Gasteiger partial charge in [-0.25, -0.2) is 14.8 Å². The summed E-state index contributed by atoms with van der Waals surface area (Å²) in [7, 11) is 0. The van der Waals surface area contributed by atoms with Crippen molar-refractivity contribution in [3.63, 3.8) is 0 Å². The molecule has 20 heavy (non-hydrogen) atoms. The standard InChI is InChI=1S/C13H18N4O3/c1-7(2)12-15-6-9(10(16-12)13(19)20)17-5-3-4-8(17)11(14)18/h6-8H,3-5H2,1-2H3,(H2,14,18)(H,19,20). The van der Waals surface area contributed by atoms with Gasteiger partial charge in [-0.3, -0.25) is 4.79 Å². The zero-order valence-electron chi connectivity index (χ0n) is 11.5. The van der Waals surface area contributed by atoms with E-state index in [1.54, 1.807) is 4.90 Å². The summed E-state index contributed by atoms with van der Waals surface area (Å²) in [6.45, 7) is 4.36. The minimum atomic E-state index is -1.13. The summed E-state index contributed by atoms with van der Waals surface area (Å²) < 4.78 is 0. The van der Waals surface area contributed by atoms with Gasteiger partial charge < -0.3 is 15.7 Å². The lowest BCUT2D eigenvalue weighted by Gasteiger charge is -2.25. The van der Waals surface area contributed by atoms with Crippen LogP contribution in [0.4, 0.5) is 5.69 Å². The summed E-state index contributed by atoms with van der Waals surface area (Å²) >= 11 is 0. The van der Waals surface area contributed by atoms with Gasteiger partial charge in [-0.1, -0.05) is 13.8 Å². The molecule has 2 rings (SSSR count). The van der Waals surface area contributed by atoms with E-state index in [1.807, 2.05) is 13.8 Å². The third-order valence-corrected chi connectivity index (χ3v) is 3.40. The fourth-order valence-corrected chi connectivity index (χ4v) is 2.39. The second-order valence-electron chi connectivity index (χ2n) is 5.18. The molecule has 1 saturated heterocycles. The topological polar surface area (TPSA) is 109 Å². The van der Waals surface area contributed by atoms with Crippen molar-refractivity contribution in [2.75, 3.05) is 11.4 Å². The molecule has 1 aromatic heterocycles. The van der Waals surface area contributed by atoms with Crippen LogP contribution >= 0.6 is 0 Å². The molecule has 1 atom stereocenters. The largest absolute Gasteiger partial charge is 0.476 e. The van der Waals surface area contributed by atoms with Crippen LogP contribution in [0.5, 0.6) is 0 Å². The molecule has 1 aliphatic heterocycles. The highest BCUT2D eigenvalue weighted by atomic mass is 16.4. The number of nitrogens with zero attached hydrogens (tertiary/aromatic N) is 3. The van der Waals surface area contributed by atoms with E-state index < -0.39 is 17.9 Å². The molecule has 7 nitrogen and oxygen atoms in total. The Morgan fingerprint density at radius 2 is 2.20 bits per heavy atom. The Hall–Kier alpha value is -2.18. The Morgan fingerprint density at radius 3 is 2.75 bits per heavy atom. The Balaban J connectivity index is 2.45. The quantitative estimate of drug-likeness (QED) is 0.841. The zero-order valence-corrected chi connectivity index (χ0v) is 11.5. The molecule has 1 amide bonds. The van der Waals surface area contributed by atoms with E-state index in [9.17, 15) is 14.7 Å². The summed E-state index contributed by atoms with van der Waals surface area (Å²) in [5, 5.41) is 9.32. The minimum absolute atomic E-state index is 0.0349. The second-order valence-corrected chi connectivity index (χ2v) is 5.18. The van der Waals surface area contributed by atoms with Gasteiger partial charge in [0.25, 0.3) is 0 Å². The Kier molecular flexibility index (Phi) is 3.87. The van der Waals surface area contributed by atoms with Crippen molar-refractivity contribution in [1.82, 2.24) is 9.97 Å². The van der Waals surface area contributed by atoms with Crippen LogP contribution in [0.25, 0.3) is 0 Å². The van der Waals surface area contributed by atoms with Crippen LogP contribution in [0.15, 0.2) is 6.20 Å². The highest BCUT2D eigenvalue weighted by molar-refractivity contribution is 5.94. The van der Waals surface area contributed by atoms with Gasteiger partial charge in [0.1, 0.15) is 11.9 Å². The third kappa shape index (κ3) is 2.56. The van der Waals surface area contributed by atoms with Gasteiger partial charge in [-0.05, 0) is 12.8 Å². The Morgan fingerprint density at radius 1 is 1.50 bits per heavy atom. The molecule has 0 bridgehead atoms. The third-order valence-electron chi connectivity index (χ3n) is 3.40. The van der Waals surface area contributed by atoms with E-state index in [4.69, 9.17) is 5.73 Å². The van der Waals surface area contributed by atoms with Gasteiger partial charge in [-0.2, -0.15) is 0 Å². The van der Waals surface area contributed by atoms with E-state index in [0.29, 0.717) is 24.5 Å². The van der Waals surface area contributed by atoms with Crippen molar-refractivity contribution in [2.24, 2.45) is 5.73 Å². The molecule has 3 N–H and O–H groups in total. The first-order valence-electron chi connectivity index (χ1n) is 6.58. The summed E-state index contributed by atoms with van der Waals surface area (Å²) in [5.74, 6) is -1.07. The van der Waals surface area contributed by atoms with E-state index in [0.717, 1.165) is 6.42 Å². The molecule has 1 fully saturated rings. The number of carbonyl (C=O) groups is 2. The van der Waals surface area contributed by atoms with Crippen LogP contribution in [0.3, 0.4) is 0 Å². The molecule has 2 heterocycles. The molecule has 0 spiro atoms. The van der Waals surface area contributed by atoms with Gasteiger partial charge in [0.15, 0.2) is 5.69 Å². The van der Waals surface area contributed by atoms with Crippen LogP contribution in [0.2, 0.25) is 0 Å². The number of nitrogens with two attached hydrogens (primary N) is 1. The number of aromatic nitrogens is 2. The molecular weight excluding hydrogens is 260 g/mol. The molecule has 7 heteroatoms. The summed E-state index contributed by atoms with van der Waals surface area (Å²) in [4.78, 5) is 32.8. The molecule has 0 aliphatic carbocycles. The second kappa shape index (κ2) is 5.44. The maximum Gasteiger partial charge on any atom is 0.356 e. The summed E-state index contributed by atoms with van der Waals surface area (Å²) in [5.41, 5.74) is 5.65. The lowest BCUT2D eigenvalue weighted by molar-refractivity contribution is -0.119. The first kappa shape index (κ1) is 14.2. The number of hydrogen-bond donors (Lipinski definition) is 2. The Labute approximate surface area is 116 Å². The van der Waals surface area contributed by atoms with E-state index >= 15 is 0 Å². The average molecular weight is 278 g/mol. The Bertz CT molecular complexity index is 544. The van der Waals surface area contributed by atoms with Crippen molar-refractivity contribution in [3.8, 4) is 0 Å². The smallest absolute Gasteiger partial charge is 0.356 e. The number of carbonyl (C=O) groups excluding carboxylic acids is 1. The van der Waals surface area contributed by atoms with Crippen molar-refractivity contribution >= 4 is 17.6 Å². The van der Waals surface area contributed by atoms with E-state index in [2.05, 4.69) is 9.97 Å². The lowest BCUT2D eigenvalue weighted by Crippen LogP contribution is -2.41. The zero-order chi connectivity index (χ0) is 14.9. The van der Waals surface area contributed by atoms with E-state index in [-0.39, 0.29) is 11.6 Å². The van der Waals surface area contributed by atoms with Gasteiger partial charge in [0.05, 0.1) is 11.9 Å². The van der Waals surface area contributed by atoms with Gasteiger partial charge in [-0.15, -0.1) is 0 Å². The maximum absolute atomic E-state index is 11.4. The van der Waals surface area contributed by atoms with Gasteiger partial charge in [0, 0.05) is 12.5 Å². The molecular formula is C13H18N4O3. The molecule has 1 unspecified atom stereocenters. The lowest BCUT2D eigenvalue weighted by atomic mass is 10.1. The number of carboxylic acids is 1. The van der Waals surface area contributed by atoms with Crippen LogP contribution < -0.4 is 10.6 Å². The monoisotopic (exact) mass is 278 g/mol. The maximum atomic E-state index is 11.4. The highest BCUT2D eigenvalue weighted by Gasteiger charge is 2.32. The SMILES string of the molecule is CC(C)c1ncc(N2CCCC2C(N)=O)c(C(=O)O)n1. The minimum Gasteiger partial charge on any atom is -0.476 e. The van der Waals surface area contributed by atoms with Gasteiger partial charge in [0.2, 0.25) is 5.91 Å². The van der Waals surface area contributed by atoms with E-state index in [1.165, 1.54) is 6.20 Å². The fraction of sp³-hybridized carbons (Fsp3) is 0.538. The predicted molar refractivity (Wildman–Crippen MR) is 72.6 cm³/mol. The van der Waals surface area contributed by atoms with Crippen molar-refractivity contribution in [1.29, 1.82) is 0 Å². The van der Waals surface area contributed by atoms with Crippen LogP contribution in [-0.2, 0) is 4.79 Å². The summed E-state index contributed by atoms with van der Waals surface area (Å²) in [6, 6.07) is -0.485. The highest BCUT2D eigenvalue weighted by Crippen LogP contribution is 2.28. The average Bonchev–Trinajstić information content (AvgIpc) is 2.86. The number of carboxylic acid groups (broad SMARTS) is 1. The number of rotatable bonds is 4. The van der Waals surface area contributed by atoms with Gasteiger partial charge >= 0.3 is 5.97 Å². The number of amides is 1. The fourth-order valence-electron chi connectivity index (χ4n) is 2.39. The molecule has 108 valence electrons. The number of aromatic carboxylic acids is 1. The molecule has 0 aromatic carbocycles. The van der Waals surface area contributed by atoms with Crippen LogP contribution in [0, 0.1) is 0 Å².